The second-order valence-electron chi connectivity index (χ2n) is 4.13. The summed E-state index contributed by atoms with van der Waals surface area (Å²) in [6.45, 7) is 2.63. The fourth-order valence-electron chi connectivity index (χ4n) is 2.05. The summed E-state index contributed by atoms with van der Waals surface area (Å²) in [5.74, 6) is 0.811. The Morgan fingerprint density at radius 1 is 1.32 bits per heavy atom. The van der Waals surface area contributed by atoms with Crippen LogP contribution >= 0.6 is 22.6 Å². The van der Waals surface area contributed by atoms with Gasteiger partial charge in [0.2, 0.25) is 0 Å². The van der Waals surface area contributed by atoms with Gasteiger partial charge in [0.25, 0.3) is 0 Å². The fourth-order valence-corrected chi connectivity index (χ4v) is 2.75. The zero-order chi connectivity index (χ0) is 13.7. The van der Waals surface area contributed by atoms with Crippen molar-refractivity contribution >= 4 is 22.6 Å². The quantitative estimate of drug-likeness (QED) is 0.822. The van der Waals surface area contributed by atoms with Crippen molar-refractivity contribution in [2.75, 3.05) is 13.7 Å². The number of ether oxygens (including phenoxy) is 1. The lowest BCUT2D eigenvalue weighted by atomic mass is 10.0. The first-order chi connectivity index (χ1) is 9.26. The fraction of sp³-hybridized carbons (Fsp3) is 0.267. The second-order valence-corrected chi connectivity index (χ2v) is 5.29. The van der Waals surface area contributed by atoms with E-state index in [1.54, 1.807) is 6.20 Å². The third kappa shape index (κ3) is 3.45. The highest BCUT2D eigenvalue weighted by atomic mass is 127. The van der Waals surface area contributed by atoms with E-state index in [-0.39, 0.29) is 6.04 Å². The predicted molar refractivity (Wildman–Crippen MR) is 85.5 cm³/mol. The van der Waals surface area contributed by atoms with Crippen molar-refractivity contribution in [1.29, 1.82) is 0 Å². The molecule has 0 amide bonds. The van der Waals surface area contributed by atoms with E-state index in [9.17, 15) is 0 Å². The molecule has 0 radical (unpaired) electrons. The van der Waals surface area contributed by atoms with Crippen LogP contribution in [0.25, 0.3) is 0 Å². The molecule has 0 aliphatic rings. The largest absolute Gasteiger partial charge is 0.492 e. The van der Waals surface area contributed by atoms with E-state index in [4.69, 9.17) is 4.74 Å². The Bertz CT molecular complexity index is 545. The van der Waals surface area contributed by atoms with E-state index in [1.807, 2.05) is 32.3 Å². The number of aromatic nitrogens is 1. The van der Waals surface area contributed by atoms with Gasteiger partial charge in [0.05, 0.1) is 18.8 Å². The summed E-state index contributed by atoms with van der Waals surface area (Å²) in [7, 11) is 1.96. The number of nitrogens with one attached hydrogen (secondary N) is 1. The zero-order valence-corrected chi connectivity index (χ0v) is 13.2. The van der Waals surface area contributed by atoms with Crippen LogP contribution in [0.15, 0.2) is 42.7 Å². The van der Waals surface area contributed by atoms with Crippen LogP contribution in [0.4, 0.5) is 0 Å². The van der Waals surface area contributed by atoms with Crippen LogP contribution in [-0.2, 0) is 0 Å². The standard InChI is InChI=1S/C15H17IN2O/c1-3-19-12-8-11(9-18-10-12)15(17-2)13-6-4-5-7-14(13)16/h4-10,15,17H,3H2,1-2H3. The van der Waals surface area contributed by atoms with Crippen molar-refractivity contribution in [3.8, 4) is 5.75 Å². The van der Waals surface area contributed by atoms with Crippen molar-refractivity contribution in [3.05, 3.63) is 57.4 Å². The summed E-state index contributed by atoms with van der Waals surface area (Å²) in [6.07, 6.45) is 3.63. The van der Waals surface area contributed by atoms with Gasteiger partial charge >= 0.3 is 0 Å². The van der Waals surface area contributed by atoms with Crippen LogP contribution in [0.2, 0.25) is 0 Å². The number of benzene rings is 1. The number of nitrogens with zero attached hydrogens (tertiary/aromatic N) is 1. The van der Waals surface area contributed by atoms with Crippen LogP contribution in [0, 0.1) is 3.57 Å². The van der Waals surface area contributed by atoms with Crippen LogP contribution in [0.5, 0.6) is 5.75 Å². The van der Waals surface area contributed by atoms with Gasteiger partial charge in [-0.3, -0.25) is 4.98 Å². The topological polar surface area (TPSA) is 34.1 Å². The first kappa shape index (κ1) is 14.3. The minimum atomic E-state index is 0.126. The van der Waals surface area contributed by atoms with E-state index < -0.39 is 0 Å². The number of rotatable bonds is 5. The summed E-state index contributed by atoms with van der Waals surface area (Å²) in [5, 5.41) is 3.34. The van der Waals surface area contributed by atoms with Crippen LogP contribution in [0.1, 0.15) is 24.1 Å². The summed E-state index contributed by atoms with van der Waals surface area (Å²) in [4.78, 5) is 4.26. The molecule has 0 saturated heterocycles. The van der Waals surface area contributed by atoms with Gasteiger partial charge in [-0.1, -0.05) is 18.2 Å². The van der Waals surface area contributed by atoms with Gasteiger partial charge in [0.15, 0.2) is 0 Å². The van der Waals surface area contributed by atoms with E-state index in [0.29, 0.717) is 6.61 Å². The lowest BCUT2D eigenvalue weighted by Gasteiger charge is -2.19. The average Bonchev–Trinajstić information content (AvgIpc) is 2.43. The summed E-state index contributed by atoms with van der Waals surface area (Å²) >= 11 is 2.36. The van der Waals surface area contributed by atoms with Crippen molar-refractivity contribution in [2.24, 2.45) is 0 Å². The van der Waals surface area contributed by atoms with Crippen molar-refractivity contribution in [1.82, 2.24) is 10.3 Å². The van der Waals surface area contributed by atoms with Gasteiger partial charge in [0, 0.05) is 9.77 Å². The Morgan fingerprint density at radius 3 is 2.79 bits per heavy atom. The number of hydrogen-bond acceptors (Lipinski definition) is 3. The predicted octanol–water partition coefficient (Wildman–Crippen LogP) is 3.39. The van der Waals surface area contributed by atoms with Gasteiger partial charge in [0.1, 0.15) is 5.75 Å². The highest BCUT2D eigenvalue weighted by molar-refractivity contribution is 14.1. The molecule has 2 aromatic rings. The smallest absolute Gasteiger partial charge is 0.137 e. The molecule has 1 atom stereocenters. The maximum atomic E-state index is 5.52. The average molecular weight is 368 g/mol. The third-order valence-electron chi connectivity index (χ3n) is 2.88. The van der Waals surface area contributed by atoms with Crippen LogP contribution in [0.3, 0.4) is 0 Å². The lowest BCUT2D eigenvalue weighted by Crippen LogP contribution is -2.19. The van der Waals surface area contributed by atoms with Gasteiger partial charge in [-0.25, -0.2) is 0 Å². The molecule has 1 aromatic heterocycles. The van der Waals surface area contributed by atoms with E-state index in [2.05, 4.69) is 51.1 Å². The normalized spacial score (nSPS) is 12.2. The molecule has 4 heteroatoms. The SMILES string of the molecule is CCOc1cncc(C(NC)c2ccccc2I)c1. The number of pyridine rings is 1. The summed E-state index contributed by atoms with van der Waals surface area (Å²) in [5.41, 5.74) is 2.36. The summed E-state index contributed by atoms with van der Waals surface area (Å²) in [6, 6.07) is 10.5. The molecule has 1 aromatic carbocycles. The molecule has 0 fully saturated rings. The minimum Gasteiger partial charge on any atom is -0.492 e. The number of hydrogen-bond donors (Lipinski definition) is 1. The third-order valence-corrected chi connectivity index (χ3v) is 3.87. The van der Waals surface area contributed by atoms with Gasteiger partial charge < -0.3 is 10.1 Å². The molecule has 19 heavy (non-hydrogen) atoms. The Kier molecular flexibility index (Phi) is 5.15. The lowest BCUT2D eigenvalue weighted by molar-refractivity contribution is 0.338. The molecular formula is C15H17IN2O. The van der Waals surface area contributed by atoms with Gasteiger partial charge in [-0.05, 0) is 59.8 Å². The van der Waals surface area contributed by atoms with E-state index in [0.717, 1.165) is 11.3 Å². The Hall–Kier alpha value is -1.14. The zero-order valence-electron chi connectivity index (χ0n) is 11.1. The maximum absolute atomic E-state index is 5.52. The van der Waals surface area contributed by atoms with Crippen LogP contribution in [-0.4, -0.2) is 18.6 Å². The Labute approximate surface area is 127 Å². The first-order valence-corrected chi connectivity index (χ1v) is 7.33. The monoisotopic (exact) mass is 368 g/mol. The molecular weight excluding hydrogens is 351 g/mol. The molecule has 2 rings (SSSR count). The Balaban J connectivity index is 2.37. The van der Waals surface area contributed by atoms with E-state index in [1.165, 1.54) is 9.13 Å². The molecule has 0 spiro atoms. The van der Waals surface area contributed by atoms with Crippen molar-refractivity contribution in [3.63, 3.8) is 0 Å². The van der Waals surface area contributed by atoms with Gasteiger partial charge in [-0.2, -0.15) is 0 Å². The number of halogens is 1. The molecule has 0 bridgehead atoms. The molecule has 100 valence electrons. The Morgan fingerprint density at radius 2 is 2.11 bits per heavy atom. The van der Waals surface area contributed by atoms with Gasteiger partial charge in [-0.15, -0.1) is 0 Å². The minimum absolute atomic E-state index is 0.126. The molecule has 3 nitrogen and oxygen atoms in total. The first-order valence-electron chi connectivity index (χ1n) is 6.25. The van der Waals surface area contributed by atoms with Crippen LogP contribution < -0.4 is 10.1 Å². The molecule has 0 saturated carbocycles. The molecule has 0 aliphatic carbocycles. The van der Waals surface area contributed by atoms with Crippen molar-refractivity contribution in [2.45, 2.75) is 13.0 Å². The molecule has 1 N–H and O–H groups in total. The second kappa shape index (κ2) is 6.86. The maximum Gasteiger partial charge on any atom is 0.137 e. The molecule has 1 heterocycles. The molecule has 0 aliphatic heterocycles. The highest BCUT2D eigenvalue weighted by Crippen LogP contribution is 2.27. The van der Waals surface area contributed by atoms with Crippen molar-refractivity contribution < 1.29 is 4.74 Å². The van der Waals surface area contributed by atoms with E-state index >= 15 is 0 Å². The molecule has 1 unspecified atom stereocenters. The highest BCUT2D eigenvalue weighted by Gasteiger charge is 2.15. The summed E-state index contributed by atoms with van der Waals surface area (Å²) < 4.78 is 6.75.